The first kappa shape index (κ1) is 30.2. The van der Waals surface area contributed by atoms with Gasteiger partial charge in [0.05, 0.1) is 0 Å². The summed E-state index contributed by atoms with van der Waals surface area (Å²) in [6, 6.07) is 0. The average molecular weight is 367 g/mol. The Morgan fingerprint density at radius 3 is 1.46 bits per heavy atom. The molecule has 0 aliphatic heterocycles. The Kier molecular flexibility index (Phi) is 28.4. The monoisotopic (exact) mass is 366 g/mol. The van der Waals surface area contributed by atoms with Crippen LogP contribution in [0.5, 0.6) is 0 Å². The van der Waals surface area contributed by atoms with Crippen LogP contribution in [-0.4, -0.2) is 0 Å². The van der Waals surface area contributed by atoms with E-state index in [0.29, 0.717) is 0 Å². The second kappa shape index (κ2) is 24.5. The summed E-state index contributed by atoms with van der Waals surface area (Å²) in [6.45, 7) is 22.2. The van der Waals surface area contributed by atoms with Crippen LogP contribution in [0.2, 0.25) is 0 Å². The van der Waals surface area contributed by atoms with Crippen LogP contribution in [0.1, 0.15) is 133 Å². The summed E-state index contributed by atoms with van der Waals surface area (Å²) >= 11 is 0. The molecule has 0 rings (SSSR count). The molecule has 0 aliphatic carbocycles. The van der Waals surface area contributed by atoms with E-state index in [9.17, 15) is 0 Å². The van der Waals surface area contributed by atoms with Crippen LogP contribution in [0.15, 0.2) is 23.3 Å². The van der Waals surface area contributed by atoms with Crippen molar-refractivity contribution >= 4 is 0 Å². The fourth-order valence-corrected chi connectivity index (χ4v) is 2.76. The molecule has 0 aromatic carbocycles. The summed E-state index contributed by atoms with van der Waals surface area (Å²) in [6.07, 6.45) is 18.0. The lowest BCUT2D eigenvalue weighted by molar-refractivity contribution is 0.407. The van der Waals surface area contributed by atoms with Crippen molar-refractivity contribution < 1.29 is 0 Å². The van der Waals surface area contributed by atoms with Gasteiger partial charge in [-0.1, -0.05) is 124 Å². The number of hydrogen-bond acceptors (Lipinski definition) is 0. The Morgan fingerprint density at radius 2 is 1.19 bits per heavy atom. The molecule has 26 heavy (non-hydrogen) atoms. The third kappa shape index (κ3) is 28.3. The molecule has 0 saturated heterocycles. The summed E-state index contributed by atoms with van der Waals surface area (Å²) in [4.78, 5) is 0. The summed E-state index contributed by atoms with van der Waals surface area (Å²) < 4.78 is 0. The van der Waals surface area contributed by atoms with E-state index in [2.05, 4.69) is 81.4 Å². The van der Waals surface area contributed by atoms with Gasteiger partial charge in [-0.2, -0.15) is 0 Å². The van der Waals surface area contributed by atoms with E-state index in [1.54, 1.807) is 0 Å². The molecule has 0 aromatic rings. The summed E-state index contributed by atoms with van der Waals surface area (Å²) in [5.41, 5.74) is 2.98. The SMILES string of the molecule is C/C=C(\C=C(\C)CC)CCCC.CC(C)C.CCCC(CCC)CCC. The van der Waals surface area contributed by atoms with Crippen LogP contribution in [0, 0.1) is 11.8 Å². The first-order valence-corrected chi connectivity index (χ1v) is 11.6. The van der Waals surface area contributed by atoms with Gasteiger partial charge in [0, 0.05) is 0 Å². The molecule has 0 atom stereocenters. The molecule has 0 saturated carbocycles. The first-order valence-electron chi connectivity index (χ1n) is 11.6. The maximum absolute atomic E-state index is 2.33. The number of hydrogen-bond donors (Lipinski definition) is 0. The molecule has 0 spiro atoms. The lowest BCUT2D eigenvalue weighted by Gasteiger charge is -2.12. The molecule has 0 fully saturated rings. The zero-order chi connectivity index (χ0) is 20.8. The predicted molar refractivity (Wildman–Crippen MR) is 126 cm³/mol. The van der Waals surface area contributed by atoms with E-state index in [1.807, 2.05) is 0 Å². The summed E-state index contributed by atoms with van der Waals surface area (Å²) in [7, 11) is 0. The van der Waals surface area contributed by atoms with Crippen molar-refractivity contribution in [1.82, 2.24) is 0 Å². The van der Waals surface area contributed by atoms with Crippen molar-refractivity contribution in [3.05, 3.63) is 23.3 Å². The van der Waals surface area contributed by atoms with Gasteiger partial charge in [-0.15, -0.1) is 0 Å². The quantitative estimate of drug-likeness (QED) is 0.319. The van der Waals surface area contributed by atoms with Crippen molar-refractivity contribution in [3.8, 4) is 0 Å². The van der Waals surface area contributed by atoms with Gasteiger partial charge in [0.15, 0.2) is 0 Å². The van der Waals surface area contributed by atoms with Crippen LogP contribution in [0.3, 0.4) is 0 Å². The molecule has 0 bridgehead atoms. The van der Waals surface area contributed by atoms with Gasteiger partial charge >= 0.3 is 0 Å². The van der Waals surface area contributed by atoms with E-state index in [4.69, 9.17) is 0 Å². The van der Waals surface area contributed by atoms with Gasteiger partial charge in [-0.25, -0.2) is 0 Å². The van der Waals surface area contributed by atoms with Crippen molar-refractivity contribution in [1.29, 1.82) is 0 Å². The molecule has 0 radical (unpaired) electrons. The van der Waals surface area contributed by atoms with Gasteiger partial charge in [-0.3, -0.25) is 0 Å². The van der Waals surface area contributed by atoms with Gasteiger partial charge in [0.25, 0.3) is 0 Å². The molecular formula is C26H54. The second-order valence-corrected chi connectivity index (χ2v) is 8.28. The molecular weight excluding hydrogens is 312 g/mol. The zero-order valence-electron chi connectivity index (χ0n) is 20.4. The Morgan fingerprint density at radius 1 is 0.769 bits per heavy atom. The third-order valence-corrected chi connectivity index (χ3v) is 4.27. The third-order valence-electron chi connectivity index (χ3n) is 4.27. The molecule has 0 unspecified atom stereocenters. The minimum absolute atomic E-state index is 0.833. The highest BCUT2D eigenvalue weighted by molar-refractivity contribution is 5.21. The Labute approximate surface area is 168 Å². The molecule has 0 nitrogen and oxygen atoms in total. The predicted octanol–water partition coefficient (Wildman–Crippen LogP) is 10.1. The van der Waals surface area contributed by atoms with Gasteiger partial charge in [-0.05, 0) is 44.9 Å². The van der Waals surface area contributed by atoms with E-state index >= 15 is 0 Å². The molecule has 158 valence electrons. The smallest absolute Gasteiger partial charge is 0.0282 e. The molecule has 0 N–H and O–H groups in total. The highest BCUT2D eigenvalue weighted by Gasteiger charge is 2.03. The summed E-state index contributed by atoms with van der Waals surface area (Å²) in [5.74, 6) is 1.86. The molecule has 0 aliphatic rings. The van der Waals surface area contributed by atoms with Gasteiger partial charge in [0.2, 0.25) is 0 Å². The topological polar surface area (TPSA) is 0 Å². The zero-order valence-corrected chi connectivity index (χ0v) is 20.4. The maximum Gasteiger partial charge on any atom is -0.0282 e. The van der Waals surface area contributed by atoms with Gasteiger partial charge in [0.1, 0.15) is 0 Å². The maximum atomic E-state index is 2.33. The van der Waals surface area contributed by atoms with Crippen molar-refractivity contribution in [2.24, 2.45) is 11.8 Å². The minimum Gasteiger partial charge on any atom is -0.0844 e. The molecule has 0 aromatic heterocycles. The van der Waals surface area contributed by atoms with Crippen LogP contribution in [0.4, 0.5) is 0 Å². The van der Waals surface area contributed by atoms with Crippen LogP contribution >= 0.6 is 0 Å². The first-order chi connectivity index (χ1) is 12.3. The van der Waals surface area contributed by atoms with Crippen LogP contribution in [-0.2, 0) is 0 Å². The summed E-state index contributed by atoms with van der Waals surface area (Å²) in [5, 5.41) is 0. The Hall–Kier alpha value is -0.520. The minimum atomic E-state index is 0.833. The van der Waals surface area contributed by atoms with Gasteiger partial charge < -0.3 is 0 Å². The fraction of sp³-hybridized carbons (Fsp3) is 0.846. The largest absolute Gasteiger partial charge is 0.0844 e. The number of allylic oxidation sites excluding steroid dienone is 4. The van der Waals surface area contributed by atoms with E-state index < -0.39 is 0 Å². The number of rotatable bonds is 11. The standard InChI is InChI=1S/C12H22.C10H22.C4H10/c1-5-8-9-12(7-3)10-11(4)6-2;1-4-7-10(8-5-2)9-6-3;1-4(2)3/h7,10H,5-6,8-9H2,1-4H3;10H,4-9H2,1-3H3;4H,1-3H3/b11-10-,12-7-;;. The van der Waals surface area contributed by atoms with Crippen molar-refractivity contribution in [2.75, 3.05) is 0 Å². The molecule has 0 amide bonds. The van der Waals surface area contributed by atoms with Crippen molar-refractivity contribution in [3.63, 3.8) is 0 Å². The Balaban J connectivity index is -0.000000341. The van der Waals surface area contributed by atoms with Crippen LogP contribution in [0.25, 0.3) is 0 Å². The lowest BCUT2D eigenvalue weighted by atomic mass is 9.94. The van der Waals surface area contributed by atoms with Crippen molar-refractivity contribution in [2.45, 2.75) is 133 Å². The number of unbranched alkanes of at least 4 members (excludes halogenated alkanes) is 1. The highest BCUT2D eigenvalue weighted by atomic mass is 14.1. The Bertz CT molecular complexity index is 289. The van der Waals surface area contributed by atoms with E-state index in [1.165, 1.54) is 75.4 Å². The van der Waals surface area contributed by atoms with E-state index in [-0.39, 0.29) is 0 Å². The fourth-order valence-electron chi connectivity index (χ4n) is 2.76. The highest BCUT2D eigenvalue weighted by Crippen LogP contribution is 2.18. The normalized spacial score (nSPS) is 11.8. The lowest BCUT2D eigenvalue weighted by Crippen LogP contribution is -1.98. The van der Waals surface area contributed by atoms with E-state index in [0.717, 1.165) is 11.8 Å². The van der Waals surface area contributed by atoms with Crippen LogP contribution < -0.4 is 0 Å². The second-order valence-electron chi connectivity index (χ2n) is 8.28. The average Bonchev–Trinajstić information content (AvgIpc) is 2.59. The molecule has 0 heterocycles. The molecule has 0 heteroatoms.